The normalized spacial score (nSPS) is 25.9. The maximum atomic E-state index is 11.1. The second-order valence-electron chi connectivity index (χ2n) is 4.37. The summed E-state index contributed by atoms with van der Waals surface area (Å²) in [5.74, 6) is 0. The van der Waals surface area contributed by atoms with Crippen LogP contribution in [0.25, 0.3) is 0 Å². The third-order valence-electron chi connectivity index (χ3n) is 2.77. The van der Waals surface area contributed by atoms with Crippen molar-refractivity contribution in [1.82, 2.24) is 0 Å². The fourth-order valence-corrected chi connectivity index (χ4v) is 1.79. The van der Waals surface area contributed by atoms with Gasteiger partial charge in [-0.15, -0.1) is 0 Å². The van der Waals surface area contributed by atoms with Crippen molar-refractivity contribution in [1.29, 1.82) is 0 Å². The molecule has 0 bridgehead atoms. The molecule has 0 amide bonds. The molecular formula is C13H19O. The molecule has 1 rings (SSSR count). The minimum atomic E-state index is -0.110. The van der Waals surface area contributed by atoms with Gasteiger partial charge in [0.25, 0.3) is 0 Å². The van der Waals surface area contributed by atoms with Crippen LogP contribution in [0, 0.1) is 11.8 Å². The van der Waals surface area contributed by atoms with Gasteiger partial charge in [0.05, 0.1) is 0 Å². The summed E-state index contributed by atoms with van der Waals surface area (Å²) in [7, 11) is 0. The van der Waals surface area contributed by atoms with Crippen LogP contribution in [0.3, 0.4) is 0 Å². The van der Waals surface area contributed by atoms with E-state index in [0.29, 0.717) is 0 Å². The smallest absolute Gasteiger partial charge is 0.126 e. The molecule has 77 valence electrons. The number of aldehydes is 1. The van der Waals surface area contributed by atoms with Crippen molar-refractivity contribution in [2.45, 2.75) is 39.5 Å². The zero-order valence-corrected chi connectivity index (χ0v) is 9.12. The second kappa shape index (κ2) is 5.14. The van der Waals surface area contributed by atoms with Gasteiger partial charge in [0.1, 0.15) is 6.29 Å². The molecule has 0 aromatic rings. The van der Waals surface area contributed by atoms with Crippen LogP contribution in [-0.2, 0) is 4.79 Å². The van der Waals surface area contributed by atoms with Crippen molar-refractivity contribution < 1.29 is 4.79 Å². The Kier molecular flexibility index (Phi) is 4.12. The van der Waals surface area contributed by atoms with Crippen molar-refractivity contribution >= 4 is 6.29 Å². The van der Waals surface area contributed by atoms with Crippen LogP contribution in [-0.4, -0.2) is 6.29 Å². The van der Waals surface area contributed by atoms with Crippen molar-refractivity contribution in [3.8, 4) is 0 Å². The summed E-state index contributed by atoms with van der Waals surface area (Å²) in [6, 6.07) is 0. The summed E-state index contributed by atoms with van der Waals surface area (Å²) in [6.07, 6.45) is 13.4. The first kappa shape index (κ1) is 11.2. The molecule has 0 N–H and O–H groups in total. The average molecular weight is 191 g/mol. The van der Waals surface area contributed by atoms with Crippen LogP contribution in [0.4, 0.5) is 0 Å². The molecular weight excluding hydrogens is 172 g/mol. The van der Waals surface area contributed by atoms with E-state index >= 15 is 0 Å². The van der Waals surface area contributed by atoms with Crippen LogP contribution < -0.4 is 0 Å². The number of allylic oxidation sites excluding steroid dienone is 4. The molecule has 1 aliphatic carbocycles. The molecule has 0 spiro atoms. The Labute approximate surface area is 86.9 Å². The Morgan fingerprint density at radius 1 is 1.43 bits per heavy atom. The topological polar surface area (TPSA) is 17.1 Å². The number of carbonyl (C=O) groups is 1. The van der Waals surface area contributed by atoms with Crippen LogP contribution in [0.2, 0.25) is 0 Å². The Morgan fingerprint density at radius 3 is 2.71 bits per heavy atom. The van der Waals surface area contributed by atoms with Gasteiger partial charge >= 0.3 is 0 Å². The predicted molar refractivity (Wildman–Crippen MR) is 59.8 cm³/mol. The van der Waals surface area contributed by atoms with Gasteiger partial charge < -0.3 is 4.79 Å². The van der Waals surface area contributed by atoms with Gasteiger partial charge in [0.15, 0.2) is 0 Å². The fraction of sp³-hybridized carbons (Fsp3) is 0.538. The molecule has 14 heavy (non-hydrogen) atoms. The lowest BCUT2D eigenvalue weighted by Gasteiger charge is -2.28. The van der Waals surface area contributed by atoms with Gasteiger partial charge in [0, 0.05) is 5.41 Å². The minimum absolute atomic E-state index is 0.110. The van der Waals surface area contributed by atoms with Crippen molar-refractivity contribution in [2.24, 2.45) is 5.41 Å². The SMILES string of the molecule is CC(C)=CCCC1(C=O)C[CH]C=CC1. The fourth-order valence-electron chi connectivity index (χ4n) is 1.79. The van der Waals surface area contributed by atoms with E-state index in [2.05, 4.69) is 38.5 Å². The van der Waals surface area contributed by atoms with Crippen LogP contribution in [0.15, 0.2) is 23.8 Å². The lowest BCUT2D eigenvalue weighted by Crippen LogP contribution is -2.23. The summed E-state index contributed by atoms with van der Waals surface area (Å²) in [5, 5.41) is 0. The molecule has 0 saturated carbocycles. The third kappa shape index (κ3) is 3.13. The predicted octanol–water partition coefficient (Wildman–Crippen LogP) is 3.47. The molecule has 0 aromatic carbocycles. The largest absolute Gasteiger partial charge is 0.303 e. The van der Waals surface area contributed by atoms with E-state index in [1.165, 1.54) is 5.57 Å². The number of rotatable bonds is 4. The first-order valence-corrected chi connectivity index (χ1v) is 5.27. The molecule has 1 unspecified atom stereocenters. The van der Waals surface area contributed by atoms with Gasteiger partial charge in [-0.25, -0.2) is 0 Å². The molecule has 1 atom stereocenters. The molecule has 0 fully saturated rings. The van der Waals surface area contributed by atoms with E-state index in [4.69, 9.17) is 0 Å². The first-order chi connectivity index (χ1) is 6.68. The van der Waals surface area contributed by atoms with E-state index in [0.717, 1.165) is 32.0 Å². The monoisotopic (exact) mass is 191 g/mol. The summed E-state index contributed by atoms with van der Waals surface area (Å²) < 4.78 is 0. The second-order valence-corrected chi connectivity index (χ2v) is 4.37. The lowest BCUT2D eigenvalue weighted by molar-refractivity contribution is -0.116. The van der Waals surface area contributed by atoms with E-state index in [1.807, 2.05) is 0 Å². The maximum absolute atomic E-state index is 11.1. The highest BCUT2D eigenvalue weighted by Gasteiger charge is 2.28. The van der Waals surface area contributed by atoms with Gasteiger partial charge in [-0.05, 0) is 46.0 Å². The molecule has 1 nitrogen and oxygen atoms in total. The molecule has 0 aliphatic heterocycles. The molecule has 0 heterocycles. The molecule has 1 radical (unpaired) electrons. The highest BCUT2D eigenvalue weighted by Crippen LogP contribution is 2.34. The van der Waals surface area contributed by atoms with Gasteiger partial charge in [0.2, 0.25) is 0 Å². The van der Waals surface area contributed by atoms with E-state index < -0.39 is 0 Å². The first-order valence-electron chi connectivity index (χ1n) is 5.27. The Hall–Kier alpha value is -0.850. The summed E-state index contributed by atoms with van der Waals surface area (Å²) in [5.41, 5.74) is 1.22. The molecule has 1 heteroatoms. The van der Waals surface area contributed by atoms with E-state index in [1.54, 1.807) is 0 Å². The summed E-state index contributed by atoms with van der Waals surface area (Å²) >= 11 is 0. The standard InChI is InChI=1S/C13H19O/c1-12(2)7-6-10-13(11-14)8-4-3-5-9-13/h3-5,7,11H,6,8-10H2,1-2H3. The van der Waals surface area contributed by atoms with Crippen LogP contribution in [0.5, 0.6) is 0 Å². The number of hydrogen-bond acceptors (Lipinski definition) is 1. The van der Waals surface area contributed by atoms with Gasteiger partial charge in [-0.1, -0.05) is 23.8 Å². The Balaban J connectivity index is 2.49. The molecule has 1 aliphatic rings. The number of hydrogen-bond donors (Lipinski definition) is 0. The highest BCUT2D eigenvalue weighted by atomic mass is 16.1. The lowest BCUT2D eigenvalue weighted by atomic mass is 9.75. The average Bonchev–Trinajstić information content (AvgIpc) is 2.19. The summed E-state index contributed by atoms with van der Waals surface area (Å²) in [4.78, 5) is 11.1. The van der Waals surface area contributed by atoms with E-state index in [9.17, 15) is 4.79 Å². The van der Waals surface area contributed by atoms with Crippen molar-refractivity contribution in [3.63, 3.8) is 0 Å². The van der Waals surface area contributed by atoms with Crippen molar-refractivity contribution in [2.75, 3.05) is 0 Å². The molecule has 0 saturated heterocycles. The highest BCUT2D eigenvalue weighted by molar-refractivity contribution is 5.60. The maximum Gasteiger partial charge on any atom is 0.126 e. The van der Waals surface area contributed by atoms with Crippen LogP contribution in [0.1, 0.15) is 39.5 Å². The van der Waals surface area contributed by atoms with Gasteiger partial charge in [-0.2, -0.15) is 0 Å². The number of carbonyl (C=O) groups excluding carboxylic acids is 1. The minimum Gasteiger partial charge on any atom is -0.303 e. The molecule has 0 aromatic heterocycles. The van der Waals surface area contributed by atoms with E-state index in [-0.39, 0.29) is 5.41 Å². The zero-order valence-electron chi connectivity index (χ0n) is 9.12. The van der Waals surface area contributed by atoms with Crippen LogP contribution >= 0.6 is 0 Å². The zero-order chi connectivity index (χ0) is 10.4. The quantitative estimate of drug-likeness (QED) is 0.491. The third-order valence-corrected chi connectivity index (χ3v) is 2.77. The van der Waals surface area contributed by atoms with Gasteiger partial charge in [-0.3, -0.25) is 0 Å². The Morgan fingerprint density at radius 2 is 2.21 bits per heavy atom. The van der Waals surface area contributed by atoms with Crippen molar-refractivity contribution in [3.05, 3.63) is 30.2 Å². The Bertz CT molecular complexity index is 246. The summed E-state index contributed by atoms with van der Waals surface area (Å²) in [6.45, 7) is 4.20.